The van der Waals surface area contributed by atoms with Gasteiger partial charge in [0.05, 0.1) is 15.4 Å². The minimum Gasteiger partial charge on any atom is -0.441 e. The molecule has 2 aromatic heterocycles. The van der Waals surface area contributed by atoms with E-state index in [1.54, 1.807) is 6.20 Å². The molecule has 0 spiro atoms. The van der Waals surface area contributed by atoms with Gasteiger partial charge in [-0.2, -0.15) is 0 Å². The monoisotopic (exact) mass is 199 g/mol. The van der Waals surface area contributed by atoms with E-state index in [9.17, 15) is 0 Å². The van der Waals surface area contributed by atoms with Crippen LogP contribution in [0.1, 0.15) is 5.76 Å². The first-order chi connectivity index (χ1) is 5.75. The van der Waals surface area contributed by atoms with Crippen LogP contribution in [0.2, 0.25) is 4.34 Å². The van der Waals surface area contributed by atoms with E-state index in [4.69, 9.17) is 16.0 Å². The normalized spacial score (nSPS) is 10.5. The standard InChI is InChI=1S/C8H6ClNOS/c1-5-4-10-8(11-5)6-2-3-7(9)12-6/h2-4H,1H3. The van der Waals surface area contributed by atoms with Gasteiger partial charge in [0.15, 0.2) is 0 Å². The zero-order valence-corrected chi connectivity index (χ0v) is 7.95. The van der Waals surface area contributed by atoms with Crippen LogP contribution in [0.15, 0.2) is 22.7 Å². The van der Waals surface area contributed by atoms with Gasteiger partial charge in [0.1, 0.15) is 5.76 Å². The number of hydrogen-bond donors (Lipinski definition) is 0. The molecule has 2 heterocycles. The van der Waals surface area contributed by atoms with Crippen molar-refractivity contribution in [2.45, 2.75) is 6.92 Å². The summed E-state index contributed by atoms with van der Waals surface area (Å²) in [6, 6.07) is 3.74. The topological polar surface area (TPSA) is 26.0 Å². The second-order valence-electron chi connectivity index (χ2n) is 2.38. The number of nitrogens with zero attached hydrogens (tertiary/aromatic N) is 1. The Labute approximate surface area is 78.8 Å². The highest BCUT2D eigenvalue weighted by atomic mass is 35.5. The predicted molar refractivity (Wildman–Crippen MR) is 49.6 cm³/mol. The van der Waals surface area contributed by atoms with Gasteiger partial charge in [0.2, 0.25) is 5.89 Å². The molecule has 0 N–H and O–H groups in total. The maximum absolute atomic E-state index is 5.77. The third kappa shape index (κ3) is 1.38. The lowest BCUT2D eigenvalue weighted by atomic mass is 10.5. The van der Waals surface area contributed by atoms with Gasteiger partial charge in [-0.3, -0.25) is 0 Å². The van der Waals surface area contributed by atoms with E-state index < -0.39 is 0 Å². The number of aryl methyl sites for hydroxylation is 1. The number of thiophene rings is 1. The number of aromatic nitrogens is 1. The fraction of sp³-hybridized carbons (Fsp3) is 0.125. The Bertz CT molecular complexity index is 355. The molecule has 0 bridgehead atoms. The number of halogens is 1. The van der Waals surface area contributed by atoms with E-state index in [1.807, 2.05) is 19.1 Å². The molecule has 0 atom stereocenters. The summed E-state index contributed by atoms with van der Waals surface area (Å²) >= 11 is 7.23. The van der Waals surface area contributed by atoms with Crippen LogP contribution in [0.25, 0.3) is 10.8 Å². The number of hydrogen-bond acceptors (Lipinski definition) is 3. The third-order valence-corrected chi connectivity index (χ3v) is 2.62. The molecular weight excluding hydrogens is 194 g/mol. The van der Waals surface area contributed by atoms with E-state index >= 15 is 0 Å². The summed E-state index contributed by atoms with van der Waals surface area (Å²) in [6.45, 7) is 1.87. The highest BCUT2D eigenvalue weighted by molar-refractivity contribution is 7.19. The lowest BCUT2D eigenvalue weighted by Gasteiger charge is -1.85. The largest absolute Gasteiger partial charge is 0.441 e. The van der Waals surface area contributed by atoms with Crippen molar-refractivity contribution < 1.29 is 4.42 Å². The number of rotatable bonds is 1. The predicted octanol–water partition coefficient (Wildman–Crippen LogP) is 3.36. The average molecular weight is 200 g/mol. The second-order valence-corrected chi connectivity index (χ2v) is 4.09. The molecule has 12 heavy (non-hydrogen) atoms. The summed E-state index contributed by atoms with van der Waals surface area (Å²) in [5.41, 5.74) is 0. The van der Waals surface area contributed by atoms with Gasteiger partial charge in [-0.1, -0.05) is 11.6 Å². The molecule has 2 aromatic rings. The molecule has 0 aliphatic rings. The first-order valence-corrected chi connectivity index (χ1v) is 4.63. The highest BCUT2D eigenvalue weighted by Crippen LogP contribution is 2.30. The first kappa shape index (κ1) is 7.83. The molecule has 0 radical (unpaired) electrons. The lowest BCUT2D eigenvalue weighted by molar-refractivity contribution is 0.544. The van der Waals surface area contributed by atoms with Crippen molar-refractivity contribution in [3.63, 3.8) is 0 Å². The van der Waals surface area contributed by atoms with E-state index in [0.29, 0.717) is 5.89 Å². The van der Waals surface area contributed by atoms with Gasteiger partial charge >= 0.3 is 0 Å². The molecule has 0 aliphatic carbocycles. The Hall–Kier alpha value is -0.800. The van der Waals surface area contributed by atoms with Gasteiger partial charge in [0, 0.05) is 0 Å². The minimum atomic E-state index is 0.643. The van der Waals surface area contributed by atoms with Gasteiger partial charge in [0.25, 0.3) is 0 Å². The molecule has 0 aromatic carbocycles. The molecule has 0 fully saturated rings. The quantitative estimate of drug-likeness (QED) is 0.704. The lowest BCUT2D eigenvalue weighted by Crippen LogP contribution is -1.66. The van der Waals surface area contributed by atoms with Crippen LogP contribution in [0.5, 0.6) is 0 Å². The van der Waals surface area contributed by atoms with Crippen molar-refractivity contribution in [1.29, 1.82) is 0 Å². The fourth-order valence-electron chi connectivity index (χ4n) is 0.898. The molecule has 2 rings (SSSR count). The molecule has 0 unspecified atom stereocenters. The summed E-state index contributed by atoms with van der Waals surface area (Å²) in [5, 5.41) is 0. The summed E-state index contributed by atoms with van der Waals surface area (Å²) < 4.78 is 6.07. The molecule has 0 amide bonds. The third-order valence-electron chi connectivity index (χ3n) is 1.41. The minimum absolute atomic E-state index is 0.643. The van der Waals surface area contributed by atoms with Crippen molar-refractivity contribution in [2.75, 3.05) is 0 Å². The summed E-state index contributed by atoms with van der Waals surface area (Å²) in [4.78, 5) is 5.05. The van der Waals surface area contributed by atoms with E-state index in [0.717, 1.165) is 15.0 Å². The smallest absolute Gasteiger partial charge is 0.236 e. The molecule has 4 heteroatoms. The van der Waals surface area contributed by atoms with Gasteiger partial charge in [-0.25, -0.2) is 4.98 Å². The summed E-state index contributed by atoms with van der Waals surface area (Å²) in [6.07, 6.45) is 1.70. The van der Waals surface area contributed by atoms with Crippen molar-refractivity contribution in [3.8, 4) is 10.8 Å². The van der Waals surface area contributed by atoms with Crippen LogP contribution in [0.4, 0.5) is 0 Å². The maximum atomic E-state index is 5.77. The fourth-order valence-corrected chi connectivity index (χ4v) is 1.87. The molecule has 0 saturated carbocycles. The Morgan fingerprint density at radius 1 is 1.50 bits per heavy atom. The molecule has 0 saturated heterocycles. The molecule has 0 aliphatic heterocycles. The van der Waals surface area contributed by atoms with Crippen molar-refractivity contribution in [1.82, 2.24) is 4.98 Å². The Morgan fingerprint density at radius 3 is 2.83 bits per heavy atom. The maximum Gasteiger partial charge on any atom is 0.236 e. The van der Waals surface area contributed by atoms with Gasteiger partial charge in [-0.15, -0.1) is 11.3 Å². The molecule has 2 nitrogen and oxygen atoms in total. The Balaban J connectivity index is 2.43. The summed E-state index contributed by atoms with van der Waals surface area (Å²) in [7, 11) is 0. The zero-order valence-electron chi connectivity index (χ0n) is 6.37. The summed E-state index contributed by atoms with van der Waals surface area (Å²) in [5.74, 6) is 1.46. The van der Waals surface area contributed by atoms with E-state index in [2.05, 4.69) is 4.98 Å². The van der Waals surface area contributed by atoms with Crippen LogP contribution in [-0.4, -0.2) is 4.98 Å². The Kier molecular flexibility index (Phi) is 1.90. The molecular formula is C8H6ClNOS. The van der Waals surface area contributed by atoms with E-state index in [-0.39, 0.29) is 0 Å². The highest BCUT2D eigenvalue weighted by Gasteiger charge is 2.06. The van der Waals surface area contributed by atoms with Crippen LogP contribution >= 0.6 is 22.9 Å². The van der Waals surface area contributed by atoms with Crippen LogP contribution < -0.4 is 0 Å². The van der Waals surface area contributed by atoms with Crippen molar-refractivity contribution >= 4 is 22.9 Å². The van der Waals surface area contributed by atoms with Crippen LogP contribution in [0, 0.1) is 6.92 Å². The van der Waals surface area contributed by atoms with Crippen LogP contribution in [-0.2, 0) is 0 Å². The van der Waals surface area contributed by atoms with Crippen LogP contribution in [0.3, 0.4) is 0 Å². The van der Waals surface area contributed by atoms with E-state index in [1.165, 1.54) is 11.3 Å². The molecule has 62 valence electrons. The second kappa shape index (κ2) is 2.92. The van der Waals surface area contributed by atoms with Crippen molar-refractivity contribution in [3.05, 3.63) is 28.4 Å². The zero-order chi connectivity index (χ0) is 8.55. The van der Waals surface area contributed by atoms with Gasteiger partial charge < -0.3 is 4.42 Å². The average Bonchev–Trinajstić information content (AvgIpc) is 2.58. The van der Waals surface area contributed by atoms with Crippen molar-refractivity contribution in [2.24, 2.45) is 0 Å². The number of oxazole rings is 1. The Morgan fingerprint density at radius 2 is 2.33 bits per heavy atom. The SMILES string of the molecule is Cc1cnc(-c2ccc(Cl)s2)o1. The van der Waals surface area contributed by atoms with Gasteiger partial charge in [-0.05, 0) is 19.1 Å². The first-order valence-electron chi connectivity index (χ1n) is 3.44.